The molecule has 0 aliphatic rings. The van der Waals surface area contributed by atoms with Crippen molar-refractivity contribution in [3.8, 4) is 11.5 Å². The number of alkyl halides is 2. The molecule has 0 bridgehead atoms. The molecule has 0 spiro atoms. The van der Waals surface area contributed by atoms with E-state index in [4.69, 9.17) is 16.7 Å². The van der Waals surface area contributed by atoms with Crippen molar-refractivity contribution in [2.24, 2.45) is 0 Å². The van der Waals surface area contributed by atoms with Crippen molar-refractivity contribution in [2.45, 2.75) is 6.61 Å². The molecule has 0 atom stereocenters. The molecular weight excluding hydrogens is 190 g/mol. The lowest BCUT2D eigenvalue weighted by Crippen LogP contribution is -2.01. The van der Waals surface area contributed by atoms with E-state index in [0.29, 0.717) is 0 Å². The zero-order valence-electron chi connectivity index (χ0n) is 5.80. The second-order valence-corrected chi connectivity index (χ2v) is 2.40. The Morgan fingerprint density at radius 2 is 2.08 bits per heavy atom. The molecule has 1 rings (SSSR count). The van der Waals surface area contributed by atoms with Crippen LogP contribution in [0.5, 0.6) is 11.5 Å². The summed E-state index contributed by atoms with van der Waals surface area (Å²) in [6, 6.07) is 3.54. The quantitative estimate of drug-likeness (QED) is 0.784. The van der Waals surface area contributed by atoms with Crippen molar-refractivity contribution >= 4 is 11.6 Å². The maximum atomic E-state index is 11.6. The standard InChI is InChI=1S/C7H5ClF2O2/c8-5-2-1-4(3-6(5)11)12-7(9)10/h1-3,7,11H. The summed E-state index contributed by atoms with van der Waals surface area (Å²) >= 11 is 5.42. The first kappa shape index (κ1) is 9.06. The zero-order valence-corrected chi connectivity index (χ0v) is 6.55. The van der Waals surface area contributed by atoms with Crippen molar-refractivity contribution in [1.82, 2.24) is 0 Å². The van der Waals surface area contributed by atoms with Gasteiger partial charge in [-0.2, -0.15) is 8.78 Å². The van der Waals surface area contributed by atoms with Gasteiger partial charge in [-0.3, -0.25) is 0 Å². The van der Waals surface area contributed by atoms with Crippen LogP contribution in [-0.2, 0) is 0 Å². The van der Waals surface area contributed by atoms with Gasteiger partial charge in [-0.05, 0) is 12.1 Å². The van der Waals surface area contributed by atoms with Crippen LogP contribution in [0.2, 0.25) is 5.02 Å². The first-order chi connectivity index (χ1) is 5.59. The molecule has 0 fully saturated rings. The summed E-state index contributed by atoms with van der Waals surface area (Å²) in [5.74, 6) is -0.401. The molecule has 0 heterocycles. The Kier molecular flexibility index (Phi) is 2.70. The van der Waals surface area contributed by atoms with E-state index in [1.165, 1.54) is 12.1 Å². The van der Waals surface area contributed by atoms with Gasteiger partial charge in [0.25, 0.3) is 0 Å². The highest BCUT2D eigenvalue weighted by atomic mass is 35.5. The van der Waals surface area contributed by atoms with E-state index in [0.717, 1.165) is 6.07 Å². The van der Waals surface area contributed by atoms with Gasteiger partial charge >= 0.3 is 6.61 Å². The highest BCUT2D eigenvalue weighted by molar-refractivity contribution is 6.32. The first-order valence-electron chi connectivity index (χ1n) is 3.03. The lowest BCUT2D eigenvalue weighted by molar-refractivity contribution is -0.0499. The molecule has 2 nitrogen and oxygen atoms in total. The van der Waals surface area contributed by atoms with Crippen molar-refractivity contribution in [3.63, 3.8) is 0 Å². The topological polar surface area (TPSA) is 29.5 Å². The maximum absolute atomic E-state index is 11.6. The van der Waals surface area contributed by atoms with Crippen LogP contribution in [0, 0.1) is 0 Å². The second kappa shape index (κ2) is 3.58. The molecule has 1 aromatic rings. The smallest absolute Gasteiger partial charge is 0.387 e. The van der Waals surface area contributed by atoms with Gasteiger partial charge in [0.1, 0.15) is 11.5 Å². The van der Waals surface area contributed by atoms with Crippen molar-refractivity contribution in [1.29, 1.82) is 0 Å². The molecule has 1 N–H and O–H groups in total. The normalized spacial score (nSPS) is 10.3. The van der Waals surface area contributed by atoms with Crippen LogP contribution >= 0.6 is 11.6 Å². The second-order valence-electron chi connectivity index (χ2n) is 1.99. The molecule has 5 heteroatoms. The predicted molar refractivity (Wildman–Crippen MR) is 39.7 cm³/mol. The van der Waals surface area contributed by atoms with Gasteiger partial charge in [-0.15, -0.1) is 0 Å². The molecular formula is C7H5ClF2O2. The van der Waals surface area contributed by atoms with Crippen LogP contribution in [0.4, 0.5) is 8.78 Å². The molecule has 66 valence electrons. The average Bonchev–Trinajstić information content (AvgIpc) is 1.96. The highest BCUT2D eigenvalue weighted by Crippen LogP contribution is 2.28. The van der Waals surface area contributed by atoms with Gasteiger partial charge in [0.2, 0.25) is 0 Å². The summed E-state index contributed by atoms with van der Waals surface area (Å²) in [4.78, 5) is 0. The Hall–Kier alpha value is -1.03. The minimum atomic E-state index is -2.90. The average molecular weight is 195 g/mol. The fraction of sp³-hybridized carbons (Fsp3) is 0.143. The van der Waals surface area contributed by atoms with Crippen LogP contribution in [0.1, 0.15) is 0 Å². The van der Waals surface area contributed by atoms with E-state index in [1.807, 2.05) is 0 Å². The van der Waals surface area contributed by atoms with Crippen molar-refractivity contribution < 1.29 is 18.6 Å². The first-order valence-corrected chi connectivity index (χ1v) is 3.40. The molecule has 0 aromatic heterocycles. The number of benzene rings is 1. The Labute approximate surface area is 72.3 Å². The van der Waals surface area contributed by atoms with E-state index in [2.05, 4.69) is 4.74 Å². The Balaban J connectivity index is 2.82. The maximum Gasteiger partial charge on any atom is 0.387 e. The lowest BCUT2D eigenvalue weighted by Gasteiger charge is -2.04. The lowest BCUT2D eigenvalue weighted by atomic mass is 10.3. The summed E-state index contributed by atoms with van der Waals surface area (Å²) in [5, 5.41) is 9.05. The molecule has 0 amide bonds. The number of hydrogen-bond acceptors (Lipinski definition) is 2. The van der Waals surface area contributed by atoms with Crippen LogP contribution in [0.15, 0.2) is 18.2 Å². The number of hydrogen-bond donors (Lipinski definition) is 1. The summed E-state index contributed by atoms with van der Waals surface area (Å²) in [6.07, 6.45) is 0. The minimum absolute atomic E-state index is 0.0941. The molecule has 1 aromatic carbocycles. The van der Waals surface area contributed by atoms with E-state index in [-0.39, 0.29) is 16.5 Å². The summed E-state index contributed by atoms with van der Waals surface area (Å²) in [7, 11) is 0. The van der Waals surface area contributed by atoms with Crippen LogP contribution < -0.4 is 4.74 Å². The third-order valence-corrected chi connectivity index (χ3v) is 1.46. The highest BCUT2D eigenvalue weighted by Gasteiger charge is 2.05. The van der Waals surface area contributed by atoms with Gasteiger partial charge in [0.05, 0.1) is 5.02 Å². The van der Waals surface area contributed by atoms with Crippen LogP contribution in [0.25, 0.3) is 0 Å². The third-order valence-electron chi connectivity index (χ3n) is 1.14. The van der Waals surface area contributed by atoms with E-state index < -0.39 is 6.61 Å². The number of rotatable bonds is 2. The summed E-state index contributed by atoms with van der Waals surface area (Å²) < 4.78 is 27.2. The number of aromatic hydroxyl groups is 1. The van der Waals surface area contributed by atoms with Crippen LogP contribution in [-0.4, -0.2) is 11.7 Å². The van der Waals surface area contributed by atoms with E-state index in [9.17, 15) is 8.78 Å². The Morgan fingerprint density at radius 3 is 2.58 bits per heavy atom. The van der Waals surface area contributed by atoms with Gasteiger partial charge in [0, 0.05) is 6.07 Å². The zero-order chi connectivity index (χ0) is 9.14. The third kappa shape index (κ3) is 2.23. The van der Waals surface area contributed by atoms with E-state index in [1.54, 1.807) is 0 Å². The molecule has 0 saturated carbocycles. The van der Waals surface area contributed by atoms with Gasteiger partial charge in [-0.25, -0.2) is 0 Å². The summed E-state index contributed by atoms with van der Waals surface area (Å²) in [6.45, 7) is -2.90. The van der Waals surface area contributed by atoms with Gasteiger partial charge < -0.3 is 9.84 Å². The largest absolute Gasteiger partial charge is 0.506 e. The number of phenols is 1. The number of halogens is 3. The molecule has 0 aliphatic heterocycles. The molecule has 12 heavy (non-hydrogen) atoms. The number of ether oxygens (including phenoxy) is 1. The van der Waals surface area contributed by atoms with Crippen molar-refractivity contribution in [2.75, 3.05) is 0 Å². The molecule has 0 saturated heterocycles. The van der Waals surface area contributed by atoms with Crippen LogP contribution in [0.3, 0.4) is 0 Å². The SMILES string of the molecule is Oc1cc(OC(F)F)ccc1Cl. The number of phenolic OH excluding ortho intramolecular Hbond substituents is 1. The van der Waals surface area contributed by atoms with Crippen molar-refractivity contribution in [3.05, 3.63) is 23.2 Å². The molecule has 0 aliphatic carbocycles. The minimum Gasteiger partial charge on any atom is -0.506 e. The fourth-order valence-corrected chi connectivity index (χ4v) is 0.786. The molecule has 0 unspecified atom stereocenters. The fourth-order valence-electron chi connectivity index (χ4n) is 0.669. The monoisotopic (exact) mass is 194 g/mol. The van der Waals surface area contributed by atoms with Gasteiger partial charge in [0.15, 0.2) is 0 Å². The Bertz CT molecular complexity index is 278. The van der Waals surface area contributed by atoms with Gasteiger partial charge in [-0.1, -0.05) is 11.6 Å². The predicted octanol–water partition coefficient (Wildman–Crippen LogP) is 2.65. The molecule has 0 radical (unpaired) electrons. The summed E-state index contributed by atoms with van der Waals surface area (Å²) in [5.41, 5.74) is 0. The van der Waals surface area contributed by atoms with E-state index >= 15 is 0 Å². The Morgan fingerprint density at radius 1 is 1.42 bits per heavy atom.